The van der Waals surface area contributed by atoms with Crippen LogP contribution in [0.4, 0.5) is 10.7 Å². The summed E-state index contributed by atoms with van der Waals surface area (Å²) in [6, 6.07) is 0. The molecule has 0 aliphatic heterocycles. The Morgan fingerprint density at radius 2 is 2.19 bits per heavy atom. The zero-order valence-electron chi connectivity index (χ0n) is 9.76. The van der Waals surface area contributed by atoms with Crippen molar-refractivity contribution in [2.75, 3.05) is 5.32 Å². The zero-order valence-corrected chi connectivity index (χ0v) is 11.3. The number of hydrogen-bond acceptors (Lipinski definition) is 4. The number of amides is 1. The highest BCUT2D eigenvalue weighted by molar-refractivity contribution is 9.10. The predicted molar refractivity (Wildman–Crippen MR) is 63.4 cm³/mol. The van der Waals surface area contributed by atoms with Crippen LogP contribution in [0, 0.1) is 0 Å². The third kappa shape index (κ3) is 3.52. The summed E-state index contributed by atoms with van der Waals surface area (Å²) in [7, 11) is 0. The number of nitrogens with one attached hydrogen (secondary N) is 1. The fourth-order valence-electron chi connectivity index (χ4n) is 1.01. The molecule has 1 amide bonds. The number of anilines is 1. The summed E-state index contributed by atoms with van der Waals surface area (Å²) >= 11 is 3.29. The monoisotopic (exact) mass is 290 g/mol. The number of rotatable bonds is 2. The van der Waals surface area contributed by atoms with Crippen LogP contribution in [-0.4, -0.2) is 16.9 Å². The molecule has 0 atom stereocenters. The van der Waals surface area contributed by atoms with E-state index in [-0.39, 0.29) is 5.88 Å². The lowest BCUT2D eigenvalue weighted by atomic mass is 10.2. The Labute approximate surface area is 103 Å². The van der Waals surface area contributed by atoms with E-state index in [1.54, 1.807) is 20.8 Å². The molecule has 0 radical (unpaired) electrons. The molecule has 0 aliphatic carbocycles. The molecule has 1 aromatic rings. The highest BCUT2D eigenvalue weighted by Gasteiger charge is 2.20. The molecule has 1 aromatic heterocycles. The molecular weight excluding hydrogens is 276 g/mol. The average molecular weight is 291 g/mol. The summed E-state index contributed by atoms with van der Waals surface area (Å²) < 4.78 is 10.7. The lowest BCUT2D eigenvalue weighted by Gasteiger charge is -2.18. The number of aromatic nitrogens is 1. The van der Waals surface area contributed by atoms with Crippen molar-refractivity contribution in [3.05, 3.63) is 10.2 Å². The molecule has 90 valence electrons. The Morgan fingerprint density at radius 3 is 2.62 bits per heavy atom. The first-order chi connectivity index (χ1) is 7.33. The predicted octanol–water partition coefficient (Wildman–Crippen LogP) is 3.35. The van der Waals surface area contributed by atoms with Crippen molar-refractivity contribution >= 4 is 27.9 Å². The zero-order chi connectivity index (χ0) is 12.3. The minimum Gasteiger partial charge on any atom is -0.444 e. The second kappa shape index (κ2) is 4.86. The first-order valence-electron chi connectivity index (χ1n) is 4.97. The molecular formula is C10H15BrN2O3. The molecule has 0 saturated carbocycles. The van der Waals surface area contributed by atoms with Crippen molar-refractivity contribution in [3.63, 3.8) is 0 Å². The average Bonchev–Trinajstić information content (AvgIpc) is 2.44. The van der Waals surface area contributed by atoms with Gasteiger partial charge in [0.15, 0.2) is 0 Å². The highest BCUT2D eigenvalue weighted by atomic mass is 79.9. The Bertz CT molecular complexity index is 382. The van der Waals surface area contributed by atoms with Crippen LogP contribution in [0.1, 0.15) is 33.4 Å². The van der Waals surface area contributed by atoms with E-state index in [4.69, 9.17) is 9.26 Å². The van der Waals surface area contributed by atoms with Crippen LogP contribution in [-0.2, 0) is 11.2 Å². The number of halogens is 1. The summed E-state index contributed by atoms with van der Waals surface area (Å²) in [6.07, 6.45) is 0.159. The molecule has 0 saturated heterocycles. The fraction of sp³-hybridized carbons (Fsp3) is 0.600. The van der Waals surface area contributed by atoms with Gasteiger partial charge in [-0.05, 0) is 43.1 Å². The number of aryl methyl sites for hydroxylation is 1. The minimum atomic E-state index is -0.563. The minimum absolute atomic E-state index is 0.270. The van der Waals surface area contributed by atoms with Crippen molar-refractivity contribution in [2.24, 2.45) is 0 Å². The van der Waals surface area contributed by atoms with Crippen molar-refractivity contribution in [1.29, 1.82) is 0 Å². The lowest BCUT2D eigenvalue weighted by molar-refractivity contribution is 0.0631. The van der Waals surface area contributed by atoms with Crippen molar-refractivity contribution in [2.45, 2.75) is 39.7 Å². The van der Waals surface area contributed by atoms with Crippen LogP contribution in [0.25, 0.3) is 0 Å². The topological polar surface area (TPSA) is 64.4 Å². The molecule has 0 unspecified atom stereocenters. The Balaban J connectivity index is 2.67. The van der Waals surface area contributed by atoms with E-state index in [9.17, 15) is 4.79 Å². The van der Waals surface area contributed by atoms with Gasteiger partial charge in [0, 0.05) is 0 Å². The van der Waals surface area contributed by atoms with Crippen LogP contribution >= 0.6 is 15.9 Å². The third-order valence-corrected chi connectivity index (χ3v) is 2.47. The summed E-state index contributed by atoms with van der Waals surface area (Å²) in [5.74, 6) is 0.270. The Hall–Kier alpha value is -1.04. The maximum Gasteiger partial charge on any atom is 0.414 e. The normalized spacial score (nSPS) is 11.3. The van der Waals surface area contributed by atoms with Gasteiger partial charge < -0.3 is 9.26 Å². The van der Waals surface area contributed by atoms with Gasteiger partial charge in [-0.3, -0.25) is 5.32 Å². The van der Waals surface area contributed by atoms with E-state index in [1.165, 1.54) is 0 Å². The van der Waals surface area contributed by atoms with Gasteiger partial charge in [-0.25, -0.2) is 4.79 Å². The largest absolute Gasteiger partial charge is 0.444 e. The Morgan fingerprint density at radius 1 is 1.56 bits per heavy atom. The third-order valence-electron chi connectivity index (χ3n) is 1.65. The quantitative estimate of drug-likeness (QED) is 0.907. The van der Waals surface area contributed by atoms with Gasteiger partial charge in [-0.15, -0.1) is 0 Å². The van der Waals surface area contributed by atoms with Crippen LogP contribution < -0.4 is 5.32 Å². The van der Waals surface area contributed by atoms with Crippen molar-refractivity contribution in [1.82, 2.24) is 5.16 Å². The number of hydrogen-bond donors (Lipinski definition) is 1. The van der Waals surface area contributed by atoms with Crippen LogP contribution in [0.5, 0.6) is 0 Å². The molecule has 0 bridgehead atoms. The first kappa shape index (κ1) is 13.0. The van der Waals surface area contributed by atoms with Gasteiger partial charge in [0.1, 0.15) is 10.1 Å². The number of nitrogens with zero attached hydrogens (tertiary/aromatic N) is 1. The molecule has 5 nitrogen and oxygen atoms in total. The Kier molecular flexibility index (Phi) is 3.96. The molecule has 6 heteroatoms. The van der Waals surface area contributed by atoms with Crippen molar-refractivity contribution in [3.8, 4) is 0 Å². The standard InChI is InChI=1S/C10H15BrN2O3/c1-5-6-7(11)8(16-13-6)12-9(14)15-10(2,3)4/h5H2,1-4H3,(H,12,14). The molecule has 16 heavy (non-hydrogen) atoms. The van der Waals surface area contributed by atoms with E-state index in [1.807, 2.05) is 6.92 Å². The van der Waals surface area contributed by atoms with Gasteiger partial charge in [-0.2, -0.15) is 0 Å². The summed E-state index contributed by atoms with van der Waals surface area (Å²) in [6.45, 7) is 7.32. The molecule has 0 aromatic carbocycles. The van der Waals surface area contributed by atoms with Gasteiger partial charge in [0.05, 0.1) is 5.69 Å². The van der Waals surface area contributed by atoms with Gasteiger partial charge in [0.2, 0.25) is 5.88 Å². The molecule has 0 aliphatic rings. The number of carbonyl (C=O) groups excluding carboxylic acids is 1. The van der Waals surface area contributed by atoms with E-state index in [2.05, 4.69) is 26.4 Å². The van der Waals surface area contributed by atoms with E-state index in [0.717, 1.165) is 12.1 Å². The maximum atomic E-state index is 11.4. The SMILES string of the molecule is CCc1noc(NC(=O)OC(C)(C)C)c1Br. The number of carbonyl (C=O) groups is 1. The maximum absolute atomic E-state index is 11.4. The summed E-state index contributed by atoms with van der Waals surface area (Å²) in [4.78, 5) is 11.4. The van der Waals surface area contributed by atoms with Gasteiger partial charge >= 0.3 is 6.09 Å². The van der Waals surface area contributed by atoms with Gasteiger partial charge in [0.25, 0.3) is 0 Å². The van der Waals surface area contributed by atoms with Crippen LogP contribution in [0.2, 0.25) is 0 Å². The van der Waals surface area contributed by atoms with E-state index in [0.29, 0.717) is 4.47 Å². The lowest BCUT2D eigenvalue weighted by Crippen LogP contribution is -2.27. The molecule has 0 fully saturated rings. The van der Waals surface area contributed by atoms with Crippen LogP contribution in [0.3, 0.4) is 0 Å². The highest BCUT2D eigenvalue weighted by Crippen LogP contribution is 2.26. The van der Waals surface area contributed by atoms with E-state index < -0.39 is 11.7 Å². The second-order valence-corrected chi connectivity index (χ2v) is 5.05. The molecule has 1 rings (SSSR count). The summed E-state index contributed by atoms with van der Waals surface area (Å²) in [5, 5.41) is 6.28. The second-order valence-electron chi connectivity index (χ2n) is 4.25. The van der Waals surface area contributed by atoms with Crippen LogP contribution in [0.15, 0.2) is 9.00 Å². The smallest absolute Gasteiger partial charge is 0.414 e. The molecule has 0 spiro atoms. The molecule has 1 heterocycles. The van der Waals surface area contributed by atoms with Gasteiger partial charge in [-0.1, -0.05) is 12.1 Å². The summed E-state index contributed by atoms with van der Waals surface area (Å²) in [5.41, 5.74) is 0.218. The molecule has 1 N–H and O–H groups in total. The van der Waals surface area contributed by atoms with E-state index >= 15 is 0 Å². The first-order valence-corrected chi connectivity index (χ1v) is 5.77. The van der Waals surface area contributed by atoms with Crippen molar-refractivity contribution < 1.29 is 14.1 Å². The number of ether oxygens (including phenoxy) is 1. The fourth-order valence-corrected chi connectivity index (χ4v) is 1.53.